The first-order valence-electron chi connectivity index (χ1n) is 13.8. The molecule has 0 bridgehead atoms. The van der Waals surface area contributed by atoms with Gasteiger partial charge in [-0.3, -0.25) is 4.79 Å². The van der Waals surface area contributed by atoms with E-state index in [-0.39, 0.29) is 24.7 Å². The molecule has 7 N–H and O–H groups in total. The van der Waals surface area contributed by atoms with Crippen molar-refractivity contribution >= 4 is 23.0 Å². The first-order chi connectivity index (χ1) is 20.1. The fourth-order valence-corrected chi connectivity index (χ4v) is 4.50. The Labute approximate surface area is 242 Å². The quantitative estimate of drug-likeness (QED) is 0.0701. The highest BCUT2D eigenvalue weighted by Crippen LogP contribution is 2.32. The third-order valence-corrected chi connectivity index (χ3v) is 6.86. The van der Waals surface area contributed by atoms with E-state index >= 15 is 4.39 Å². The van der Waals surface area contributed by atoms with Crippen LogP contribution in [-0.2, 0) is 11.3 Å². The molecule has 4 rings (SSSR count). The molecule has 222 valence electrons. The van der Waals surface area contributed by atoms with Gasteiger partial charge in [-0.2, -0.15) is 13.2 Å². The zero-order valence-corrected chi connectivity index (χ0v) is 23.3. The summed E-state index contributed by atoms with van der Waals surface area (Å²) in [6, 6.07) is 17.9. The highest BCUT2D eigenvalue weighted by atomic mass is 19.4. The van der Waals surface area contributed by atoms with Gasteiger partial charge in [0, 0.05) is 17.9 Å². The average molecular weight is 582 g/mol. The van der Waals surface area contributed by atoms with Crippen LogP contribution in [0.1, 0.15) is 48.9 Å². The number of nitrogen functional groups attached to an aromatic ring is 1. The number of anilines is 3. The SMILES string of the molecule is CC/C=C(/C=C(\Nc1cccc(CN)c1)C(=O)Nc1cc(C(NCC2CC2)c2cccc(N)c2)ccc1F)C(F)(F)F. The molecule has 0 aromatic heterocycles. The van der Waals surface area contributed by atoms with E-state index in [1.54, 1.807) is 43.3 Å². The smallest absolute Gasteiger partial charge is 0.399 e. The number of carbonyl (C=O) groups is 1. The fraction of sp³-hybridized carbons (Fsp3) is 0.281. The Hall–Kier alpha value is -4.15. The Morgan fingerprint density at radius 1 is 1.02 bits per heavy atom. The van der Waals surface area contributed by atoms with Crippen LogP contribution in [0.4, 0.5) is 34.6 Å². The molecule has 0 spiro atoms. The third kappa shape index (κ3) is 8.43. The van der Waals surface area contributed by atoms with Crippen molar-refractivity contribution in [3.05, 3.63) is 113 Å². The van der Waals surface area contributed by atoms with Gasteiger partial charge in [-0.15, -0.1) is 0 Å². The summed E-state index contributed by atoms with van der Waals surface area (Å²) in [7, 11) is 0. The van der Waals surface area contributed by atoms with Crippen LogP contribution in [0, 0.1) is 11.7 Å². The average Bonchev–Trinajstić information content (AvgIpc) is 3.78. The molecule has 1 aliphatic carbocycles. The van der Waals surface area contributed by atoms with Crippen molar-refractivity contribution in [1.29, 1.82) is 0 Å². The second kappa shape index (κ2) is 13.7. The predicted octanol–water partition coefficient (Wildman–Crippen LogP) is 6.79. The first kappa shape index (κ1) is 30.8. The minimum Gasteiger partial charge on any atom is -0.399 e. The molecule has 0 radical (unpaired) electrons. The number of alkyl halides is 3. The molecule has 1 atom stereocenters. The van der Waals surface area contributed by atoms with Crippen molar-refractivity contribution in [3.8, 4) is 0 Å². The first-order valence-corrected chi connectivity index (χ1v) is 13.8. The van der Waals surface area contributed by atoms with E-state index in [2.05, 4.69) is 16.0 Å². The van der Waals surface area contributed by atoms with Crippen molar-refractivity contribution in [3.63, 3.8) is 0 Å². The van der Waals surface area contributed by atoms with E-state index in [0.717, 1.165) is 37.1 Å². The van der Waals surface area contributed by atoms with Crippen molar-refractivity contribution in [2.45, 2.75) is 44.9 Å². The minimum absolute atomic E-state index is 0.0961. The number of amides is 1. The summed E-state index contributed by atoms with van der Waals surface area (Å²) in [6.45, 7) is 2.51. The summed E-state index contributed by atoms with van der Waals surface area (Å²) in [5.74, 6) is -1.11. The predicted molar refractivity (Wildman–Crippen MR) is 159 cm³/mol. The number of hydrogen-bond acceptors (Lipinski definition) is 5. The summed E-state index contributed by atoms with van der Waals surface area (Å²) in [6.07, 6.45) is -0.644. The zero-order chi connectivity index (χ0) is 30.3. The number of hydrogen-bond donors (Lipinski definition) is 5. The number of nitrogens with one attached hydrogen (secondary N) is 3. The van der Waals surface area contributed by atoms with E-state index in [1.807, 2.05) is 18.2 Å². The lowest BCUT2D eigenvalue weighted by Gasteiger charge is -2.22. The zero-order valence-electron chi connectivity index (χ0n) is 23.3. The molecule has 0 aliphatic heterocycles. The lowest BCUT2D eigenvalue weighted by atomic mass is 9.97. The van der Waals surface area contributed by atoms with Gasteiger partial charge in [0.05, 0.1) is 17.3 Å². The number of benzene rings is 3. The Bertz CT molecular complexity index is 1460. The summed E-state index contributed by atoms with van der Waals surface area (Å²) in [4.78, 5) is 13.4. The molecular formula is C32H35F4N5O. The molecule has 0 saturated heterocycles. The maximum Gasteiger partial charge on any atom is 0.416 e. The highest BCUT2D eigenvalue weighted by molar-refractivity contribution is 6.06. The lowest BCUT2D eigenvalue weighted by Crippen LogP contribution is -2.25. The molecule has 42 heavy (non-hydrogen) atoms. The normalized spacial score (nSPS) is 14.9. The number of halogens is 4. The number of allylic oxidation sites excluding steroid dienone is 3. The maximum absolute atomic E-state index is 15.0. The van der Waals surface area contributed by atoms with Gasteiger partial charge in [0.1, 0.15) is 11.5 Å². The summed E-state index contributed by atoms with van der Waals surface area (Å²) in [5.41, 5.74) is 13.3. The molecular weight excluding hydrogens is 546 g/mol. The van der Waals surface area contributed by atoms with Gasteiger partial charge in [0.2, 0.25) is 0 Å². The van der Waals surface area contributed by atoms with Crippen LogP contribution in [0.5, 0.6) is 0 Å². The number of carbonyl (C=O) groups excluding carboxylic acids is 1. The van der Waals surface area contributed by atoms with E-state index < -0.39 is 29.2 Å². The van der Waals surface area contributed by atoms with Crippen LogP contribution in [0.3, 0.4) is 0 Å². The molecule has 1 unspecified atom stereocenters. The molecule has 1 aliphatic rings. The largest absolute Gasteiger partial charge is 0.416 e. The number of rotatable bonds is 12. The van der Waals surface area contributed by atoms with Gasteiger partial charge in [-0.25, -0.2) is 4.39 Å². The minimum atomic E-state index is -4.70. The summed E-state index contributed by atoms with van der Waals surface area (Å²) >= 11 is 0. The van der Waals surface area contributed by atoms with Crippen molar-refractivity contribution in [2.24, 2.45) is 11.7 Å². The van der Waals surface area contributed by atoms with E-state index in [1.165, 1.54) is 12.1 Å². The fourth-order valence-electron chi connectivity index (χ4n) is 4.50. The summed E-state index contributed by atoms with van der Waals surface area (Å²) in [5, 5.41) is 8.75. The third-order valence-electron chi connectivity index (χ3n) is 6.86. The standard InChI is InChI=1S/C32H35F4N5O/c1-2-5-24(32(34,35)36)17-29(40-26-9-3-6-21(14-26)18-37)31(42)41-28-16-23(12-13-27(28)33)30(39-19-20-10-11-20)22-7-4-8-25(38)15-22/h3-9,12-17,20,30,39-40H,2,10-11,18-19,37-38H2,1H3,(H,41,42)/b24-5-,29-17-. The van der Waals surface area contributed by atoms with Crippen LogP contribution < -0.4 is 27.4 Å². The van der Waals surface area contributed by atoms with Gasteiger partial charge >= 0.3 is 6.18 Å². The number of nitrogens with two attached hydrogens (primary N) is 2. The molecule has 1 fully saturated rings. The van der Waals surface area contributed by atoms with E-state index in [4.69, 9.17) is 11.5 Å². The highest BCUT2D eigenvalue weighted by Gasteiger charge is 2.33. The second-order valence-corrected chi connectivity index (χ2v) is 10.3. The Morgan fingerprint density at radius 2 is 1.76 bits per heavy atom. The molecule has 6 nitrogen and oxygen atoms in total. The lowest BCUT2D eigenvalue weighted by molar-refractivity contribution is -0.112. The molecule has 0 heterocycles. The van der Waals surface area contributed by atoms with Gasteiger partial charge in [0.25, 0.3) is 5.91 Å². The van der Waals surface area contributed by atoms with Crippen molar-refractivity contribution in [2.75, 3.05) is 22.9 Å². The monoisotopic (exact) mass is 581 g/mol. The van der Waals surface area contributed by atoms with E-state index in [9.17, 15) is 18.0 Å². The maximum atomic E-state index is 15.0. The molecule has 3 aromatic rings. The molecule has 10 heteroatoms. The van der Waals surface area contributed by atoms with Gasteiger partial charge in [-0.1, -0.05) is 43.3 Å². The van der Waals surface area contributed by atoms with Crippen molar-refractivity contribution in [1.82, 2.24) is 5.32 Å². The van der Waals surface area contributed by atoms with Crippen LogP contribution in [0.15, 0.2) is 90.2 Å². The van der Waals surface area contributed by atoms with Crippen LogP contribution in [0.2, 0.25) is 0 Å². The Morgan fingerprint density at radius 3 is 2.43 bits per heavy atom. The van der Waals surface area contributed by atoms with Crippen LogP contribution in [-0.4, -0.2) is 18.6 Å². The van der Waals surface area contributed by atoms with Gasteiger partial charge in [-0.05, 0) is 90.9 Å². The van der Waals surface area contributed by atoms with Gasteiger partial charge in [0.15, 0.2) is 0 Å². The van der Waals surface area contributed by atoms with Crippen LogP contribution in [0.25, 0.3) is 0 Å². The molecule has 3 aromatic carbocycles. The van der Waals surface area contributed by atoms with Crippen molar-refractivity contribution < 1.29 is 22.4 Å². The molecule has 1 amide bonds. The molecule has 1 saturated carbocycles. The summed E-state index contributed by atoms with van der Waals surface area (Å²) < 4.78 is 56.4. The second-order valence-electron chi connectivity index (χ2n) is 10.3. The Balaban J connectivity index is 1.68. The Kier molecular flexibility index (Phi) is 10.0. The van der Waals surface area contributed by atoms with E-state index in [0.29, 0.717) is 28.4 Å². The van der Waals surface area contributed by atoms with Gasteiger partial charge < -0.3 is 27.4 Å². The topological polar surface area (TPSA) is 105 Å². The van der Waals surface area contributed by atoms with Crippen LogP contribution >= 0.6 is 0 Å².